The Kier molecular flexibility index (Phi) is 10.1. The highest BCUT2D eigenvalue weighted by Crippen LogP contribution is 2.42. The van der Waals surface area contributed by atoms with Crippen molar-refractivity contribution in [3.63, 3.8) is 0 Å². The van der Waals surface area contributed by atoms with Crippen LogP contribution in [0.15, 0.2) is 164 Å². The van der Waals surface area contributed by atoms with Gasteiger partial charge in [0, 0.05) is 45.5 Å². The number of hydrogen-bond donors (Lipinski definition) is 1. The number of pyridine rings is 1. The molecule has 0 spiro atoms. The molecule has 66 heavy (non-hydrogen) atoms. The van der Waals surface area contributed by atoms with Gasteiger partial charge in [-0.05, 0) is 128 Å². The number of nitrogens with zero attached hydrogens (tertiary/aromatic N) is 4. The van der Waals surface area contributed by atoms with E-state index in [0.717, 1.165) is 73.1 Å². The minimum absolute atomic E-state index is 0.139. The highest BCUT2D eigenvalue weighted by molar-refractivity contribution is 6.10. The topological polar surface area (TPSA) is 55.9 Å². The van der Waals surface area contributed by atoms with Crippen molar-refractivity contribution in [1.82, 2.24) is 19.1 Å². The van der Waals surface area contributed by atoms with Gasteiger partial charge in [-0.3, -0.25) is 9.55 Å². The first-order chi connectivity index (χ1) is 31.4. The normalized spacial score (nSPS) is 12.5. The zero-order valence-corrected chi connectivity index (χ0v) is 39.2. The molecule has 0 radical (unpaired) electrons. The van der Waals surface area contributed by atoms with Crippen molar-refractivity contribution in [3.8, 4) is 62.0 Å². The number of imidazole rings is 1. The van der Waals surface area contributed by atoms with Gasteiger partial charge >= 0.3 is 0 Å². The second-order valence-electron chi connectivity index (χ2n) is 20.8. The Morgan fingerprint density at radius 2 is 1.09 bits per heavy atom. The molecule has 0 amide bonds. The third kappa shape index (κ3) is 7.64. The maximum Gasteiger partial charge on any atom is 0.149 e. The lowest BCUT2D eigenvalue weighted by atomic mass is 9.80. The Morgan fingerprint density at radius 3 is 1.80 bits per heavy atom. The zero-order valence-electron chi connectivity index (χ0n) is 39.2. The molecular weight excluding hydrogens is 812 g/mol. The third-order valence-electron chi connectivity index (χ3n) is 13.0. The van der Waals surface area contributed by atoms with Crippen LogP contribution in [-0.2, 0) is 16.2 Å². The molecule has 0 aliphatic rings. The van der Waals surface area contributed by atoms with E-state index >= 15 is 0 Å². The molecule has 0 aliphatic carbocycles. The van der Waals surface area contributed by atoms with Gasteiger partial charge in [0.1, 0.15) is 17.4 Å². The largest absolute Gasteiger partial charge is 0.507 e. The van der Waals surface area contributed by atoms with Crippen molar-refractivity contribution in [2.24, 2.45) is 0 Å². The number of rotatable bonds is 6. The molecule has 10 rings (SSSR count). The Bertz CT molecular complexity index is 3470. The average molecular weight is 867 g/mol. The van der Waals surface area contributed by atoms with Crippen LogP contribution in [0.1, 0.15) is 79.0 Å². The molecule has 0 unspecified atom stereocenters. The predicted molar refractivity (Wildman–Crippen MR) is 273 cm³/mol. The van der Waals surface area contributed by atoms with Crippen LogP contribution in [0.2, 0.25) is 0 Å². The summed E-state index contributed by atoms with van der Waals surface area (Å²) in [5, 5.41) is 13.8. The summed E-state index contributed by atoms with van der Waals surface area (Å²) in [5.41, 5.74) is 15.5. The van der Waals surface area contributed by atoms with E-state index < -0.39 is 5.82 Å². The van der Waals surface area contributed by atoms with Crippen LogP contribution in [0.3, 0.4) is 0 Å². The fourth-order valence-electron chi connectivity index (χ4n) is 9.21. The van der Waals surface area contributed by atoms with Gasteiger partial charge in [0.15, 0.2) is 0 Å². The molecule has 3 heterocycles. The molecule has 0 saturated heterocycles. The van der Waals surface area contributed by atoms with Crippen molar-refractivity contribution < 1.29 is 9.50 Å². The summed E-state index contributed by atoms with van der Waals surface area (Å²) in [7, 11) is 0. The van der Waals surface area contributed by atoms with E-state index in [9.17, 15) is 9.50 Å². The molecule has 3 aromatic heterocycles. The van der Waals surface area contributed by atoms with Crippen LogP contribution in [0.25, 0.3) is 89.1 Å². The molecule has 1 N–H and O–H groups in total. The number of phenols is 1. The summed E-state index contributed by atoms with van der Waals surface area (Å²) in [6.07, 6.45) is 1.91. The zero-order chi connectivity index (χ0) is 46.3. The molecule has 0 bridgehead atoms. The number of phenolic OH excluding ortho intramolecular Hbond substituents is 1. The highest BCUT2D eigenvalue weighted by atomic mass is 19.1. The lowest BCUT2D eigenvalue weighted by Crippen LogP contribution is -2.17. The molecule has 7 aromatic carbocycles. The van der Waals surface area contributed by atoms with Crippen LogP contribution in [0, 0.1) is 5.82 Å². The molecule has 10 aromatic rings. The first kappa shape index (κ1) is 42.6. The molecule has 6 heteroatoms. The van der Waals surface area contributed by atoms with Crippen LogP contribution in [0.4, 0.5) is 4.39 Å². The Balaban J connectivity index is 1.16. The van der Waals surface area contributed by atoms with Gasteiger partial charge in [-0.1, -0.05) is 135 Å². The number of hydrogen-bond acceptors (Lipinski definition) is 3. The predicted octanol–water partition coefficient (Wildman–Crippen LogP) is 15.9. The van der Waals surface area contributed by atoms with Crippen LogP contribution >= 0.6 is 0 Å². The number of benzene rings is 7. The molecule has 5 nitrogen and oxygen atoms in total. The van der Waals surface area contributed by atoms with Crippen molar-refractivity contribution in [1.29, 1.82) is 0 Å². The molecule has 328 valence electrons. The number of aromatic nitrogens is 4. The summed E-state index contributed by atoms with van der Waals surface area (Å²) in [6, 6.07) is 54.2. The van der Waals surface area contributed by atoms with Crippen molar-refractivity contribution in [2.75, 3.05) is 0 Å². The Morgan fingerprint density at radius 1 is 0.455 bits per heavy atom. The lowest BCUT2D eigenvalue weighted by Gasteiger charge is -2.27. The molecule has 0 saturated carbocycles. The van der Waals surface area contributed by atoms with Gasteiger partial charge in [0.05, 0.1) is 33.3 Å². The molecule has 0 atom stereocenters. The molecule has 0 fully saturated rings. The summed E-state index contributed by atoms with van der Waals surface area (Å²) < 4.78 is 19.0. The minimum atomic E-state index is -0.510. The van der Waals surface area contributed by atoms with Gasteiger partial charge in [0.2, 0.25) is 0 Å². The van der Waals surface area contributed by atoms with Gasteiger partial charge < -0.3 is 9.67 Å². The van der Waals surface area contributed by atoms with E-state index in [1.165, 1.54) is 33.5 Å². The quantitative estimate of drug-likeness (QED) is 0.181. The van der Waals surface area contributed by atoms with Gasteiger partial charge in [-0.2, -0.15) is 0 Å². The number of aromatic hydroxyl groups is 1. The molecule has 0 aliphatic heterocycles. The second kappa shape index (κ2) is 15.7. The Labute approximate surface area is 386 Å². The fraction of sp³-hybridized carbons (Fsp3) is 0.200. The van der Waals surface area contributed by atoms with Gasteiger partial charge in [-0.15, -0.1) is 0 Å². The minimum Gasteiger partial charge on any atom is -0.507 e. The first-order valence-corrected chi connectivity index (χ1v) is 22.8. The van der Waals surface area contributed by atoms with E-state index in [0.29, 0.717) is 11.4 Å². The smallest absolute Gasteiger partial charge is 0.149 e. The van der Waals surface area contributed by atoms with E-state index in [1.54, 1.807) is 6.07 Å². The van der Waals surface area contributed by atoms with E-state index in [1.807, 2.05) is 6.20 Å². The first-order valence-electron chi connectivity index (χ1n) is 22.8. The number of para-hydroxylation sites is 3. The van der Waals surface area contributed by atoms with E-state index in [2.05, 4.69) is 211 Å². The number of halogens is 1. The average Bonchev–Trinajstić information content (AvgIpc) is 3.84. The van der Waals surface area contributed by atoms with Crippen LogP contribution in [-0.4, -0.2) is 24.2 Å². The van der Waals surface area contributed by atoms with E-state index in [4.69, 9.17) is 9.97 Å². The molecular formula is C60H55FN4O. The SMILES string of the molecule is CC(C)(C)c1cc(-c2cc(-c3ccc4c5ccccc5n(-c5ccccc5)c4c3)ccn2)cc(-c2cccc3c2nc(-c2ccc(F)cc2O)n3-c2cc(C(C)(C)C)cc(C(C)(C)C)c2)c1. The summed E-state index contributed by atoms with van der Waals surface area (Å²) in [6.45, 7) is 20.1. The lowest BCUT2D eigenvalue weighted by molar-refractivity contribution is 0.470. The van der Waals surface area contributed by atoms with Crippen molar-refractivity contribution in [3.05, 3.63) is 186 Å². The van der Waals surface area contributed by atoms with Crippen molar-refractivity contribution >= 4 is 32.8 Å². The maximum atomic E-state index is 14.6. The maximum absolute atomic E-state index is 14.6. The Hall–Kier alpha value is -7.31. The second-order valence-corrected chi connectivity index (χ2v) is 20.8. The standard InChI is InChI=1S/C60H55FN4O/c1-58(2,3)41-29-39(28-40(30-41)51-31-38(26-27-62-51)37-22-24-49-48-18-13-14-20-52(48)64(54(49)32-37)45-16-11-10-12-17-45)47-19-15-21-53-56(47)63-57(50-25-23-44(61)36-55(50)66)65(53)46-34-42(59(4,5)6)33-43(35-46)60(7,8)9/h10-36,66H,1-9H3. The highest BCUT2D eigenvalue weighted by Gasteiger charge is 2.26. The monoisotopic (exact) mass is 866 g/mol. The van der Waals surface area contributed by atoms with Crippen molar-refractivity contribution in [2.45, 2.75) is 78.6 Å². The number of fused-ring (bicyclic) bond motifs is 4. The van der Waals surface area contributed by atoms with Crippen LogP contribution in [0.5, 0.6) is 5.75 Å². The summed E-state index contributed by atoms with van der Waals surface area (Å²) >= 11 is 0. The van der Waals surface area contributed by atoms with Gasteiger partial charge in [-0.25, -0.2) is 9.37 Å². The van der Waals surface area contributed by atoms with E-state index in [-0.39, 0.29) is 22.0 Å². The van der Waals surface area contributed by atoms with Gasteiger partial charge in [0.25, 0.3) is 0 Å². The van der Waals surface area contributed by atoms with Crippen LogP contribution < -0.4 is 0 Å². The summed E-state index contributed by atoms with van der Waals surface area (Å²) in [5.74, 6) is -0.144. The fourth-order valence-corrected chi connectivity index (χ4v) is 9.21. The summed E-state index contributed by atoms with van der Waals surface area (Å²) in [4.78, 5) is 10.4. The third-order valence-corrected chi connectivity index (χ3v) is 13.0.